The molecule has 3 aromatic carbocycles. The van der Waals surface area contributed by atoms with E-state index in [0.29, 0.717) is 10.8 Å². The Hall–Kier alpha value is -3.43. The average Bonchev–Trinajstić information content (AvgIpc) is 2.86. The number of para-hydroxylation sites is 1. The Morgan fingerprint density at radius 1 is 1.14 bits per heavy atom. The van der Waals surface area contributed by atoms with E-state index in [9.17, 15) is 13.2 Å². The van der Waals surface area contributed by atoms with Gasteiger partial charge in [0.25, 0.3) is 15.9 Å². The van der Waals surface area contributed by atoms with E-state index < -0.39 is 22.0 Å². The number of fused-ring (bicyclic) bond motifs is 1. The largest absolute Gasteiger partial charge is 0.497 e. The minimum atomic E-state index is -4.02. The van der Waals surface area contributed by atoms with Gasteiger partial charge in [-0.05, 0) is 61.0 Å². The minimum absolute atomic E-state index is 0.0527. The molecule has 0 aliphatic carbocycles. The van der Waals surface area contributed by atoms with E-state index in [1.807, 2.05) is 31.2 Å². The molecule has 0 unspecified atom stereocenters. The van der Waals surface area contributed by atoms with Crippen molar-refractivity contribution in [3.05, 3.63) is 77.3 Å². The van der Waals surface area contributed by atoms with Gasteiger partial charge in [-0.15, -0.1) is 0 Å². The molecule has 35 heavy (non-hydrogen) atoms. The highest BCUT2D eigenvalue weighted by atomic mass is 35.5. The second-order valence-electron chi connectivity index (χ2n) is 7.84. The number of anilines is 1. The number of hydrogen-bond acceptors (Lipinski definition) is 6. The van der Waals surface area contributed by atoms with Gasteiger partial charge in [0.1, 0.15) is 23.9 Å². The molecule has 1 atom stereocenters. The van der Waals surface area contributed by atoms with Crippen molar-refractivity contribution in [3.63, 3.8) is 0 Å². The van der Waals surface area contributed by atoms with Gasteiger partial charge in [-0.1, -0.05) is 29.8 Å². The number of halogens is 1. The van der Waals surface area contributed by atoms with Crippen molar-refractivity contribution < 1.29 is 27.4 Å². The molecule has 1 aliphatic rings. The molecular weight excluding hydrogens is 492 g/mol. The predicted octanol–water partition coefficient (Wildman–Crippen LogP) is 3.81. The summed E-state index contributed by atoms with van der Waals surface area (Å²) in [5, 5.41) is 3.10. The first kappa shape index (κ1) is 24.7. The molecule has 8 nitrogen and oxygen atoms in total. The molecule has 1 heterocycles. The van der Waals surface area contributed by atoms with Gasteiger partial charge >= 0.3 is 0 Å². The first-order valence-corrected chi connectivity index (χ1v) is 12.7. The van der Waals surface area contributed by atoms with Crippen LogP contribution in [0.3, 0.4) is 0 Å². The highest BCUT2D eigenvalue weighted by Gasteiger charge is 2.37. The van der Waals surface area contributed by atoms with Crippen molar-refractivity contribution in [1.29, 1.82) is 0 Å². The van der Waals surface area contributed by atoms with E-state index in [0.717, 1.165) is 15.6 Å². The molecule has 184 valence electrons. The van der Waals surface area contributed by atoms with E-state index in [-0.39, 0.29) is 36.0 Å². The maximum atomic E-state index is 13.5. The standard InChI is InChI=1S/C25H25ClN2O6S/c1-17-5-3-4-6-22(17)33-14-13-27-25(29)24-16-28(21-15-18(26)7-12-23(21)34-24)35(30,31)20-10-8-19(32-2)9-11-20/h3-12,15,24H,13-14,16H2,1-2H3,(H,27,29)/t24-/m0/s1. The van der Waals surface area contributed by atoms with Crippen LogP contribution in [0, 0.1) is 6.92 Å². The molecule has 0 aromatic heterocycles. The van der Waals surface area contributed by atoms with Crippen LogP contribution in [0.25, 0.3) is 0 Å². The van der Waals surface area contributed by atoms with Crippen molar-refractivity contribution in [2.24, 2.45) is 0 Å². The lowest BCUT2D eigenvalue weighted by Crippen LogP contribution is -2.51. The Kier molecular flexibility index (Phi) is 7.37. The van der Waals surface area contributed by atoms with Gasteiger partial charge in [0.05, 0.1) is 30.8 Å². The second-order valence-corrected chi connectivity index (χ2v) is 10.1. The second kappa shape index (κ2) is 10.5. The van der Waals surface area contributed by atoms with Crippen LogP contribution in [0.1, 0.15) is 5.56 Å². The monoisotopic (exact) mass is 516 g/mol. The third-order valence-electron chi connectivity index (χ3n) is 5.48. The summed E-state index contributed by atoms with van der Waals surface area (Å²) in [5.41, 5.74) is 1.25. The molecule has 3 aromatic rings. The summed E-state index contributed by atoms with van der Waals surface area (Å²) in [6.45, 7) is 2.20. The number of methoxy groups -OCH3 is 1. The van der Waals surface area contributed by atoms with Crippen LogP contribution in [0.15, 0.2) is 71.6 Å². The Bertz CT molecular complexity index is 1310. The normalized spacial score (nSPS) is 15.1. The zero-order chi connectivity index (χ0) is 25.0. The molecule has 0 radical (unpaired) electrons. The SMILES string of the molecule is COc1ccc(S(=O)(=O)N2C[C@@H](C(=O)NCCOc3ccccc3C)Oc3ccc(Cl)cc32)cc1. The van der Waals surface area contributed by atoms with Crippen molar-refractivity contribution in [3.8, 4) is 17.2 Å². The first-order chi connectivity index (χ1) is 16.8. The van der Waals surface area contributed by atoms with Crippen LogP contribution in [0.5, 0.6) is 17.2 Å². The number of aryl methyl sites for hydroxylation is 1. The maximum absolute atomic E-state index is 13.5. The molecule has 0 bridgehead atoms. The number of benzene rings is 3. The number of sulfonamides is 1. The lowest BCUT2D eigenvalue weighted by atomic mass is 10.2. The fraction of sp³-hybridized carbons (Fsp3) is 0.240. The summed E-state index contributed by atoms with van der Waals surface area (Å²) in [6, 6.07) is 18.2. The number of ether oxygens (including phenoxy) is 3. The van der Waals surface area contributed by atoms with E-state index in [1.165, 1.54) is 25.3 Å². The molecule has 0 saturated carbocycles. The van der Waals surface area contributed by atoms with Crippen LogP contribution in [0.4, 0.5) is 5.69 Å². The Balaban J connectivity index is 1.50. The third-order valence-corrected chi connectivity index (χ3v) is 7.51. The van der Waals surface area contributed by atoms with Gasteiger partial charge in [0, 0.05) is 5.02 Å². The van der Waals surface area contributed by atoms with Crippen molar-refractivity contribution in [2.75, 3.05) is 31.1 Å². The molecule has 1 N–H and O–H groups in total. The minimum Gasteiger partial charge on any atom is -0.497 e. The fourth-order valence-electron chi connectivity index (χ4n) is 3.63. The van der Waals surface area contributed by atoms with Gasteiger partial charge in [-0.3, -0.25) is 9.10 Å². The summed E-state index contributed by atoms with van der Waals surface area (Å²) in [6.07, 6.45) is -1.06. The number of amides is 1. The third kappa shape index (κ3) is 5.47. The van der Waals surface area contributed by atoms with Crippen LogP contribution >= 0.6 is 11.6 Å². The molecule has 4 rings (SSSR count). The molecule has 1 aliphatic heterocycles. The summed E-state index contributed by atoms with van der Waals surface area (Å²) < 4.78 is 44.8. The Labute approximate surface area is 209 Å². The topological polar surface area (TPSA) is 94.2 Å². The number of carbonyl (C=O) groups excluding carboxylic acids is 1. The highest BCUT2D eigenvalue weighted by Crippen LogP contribution is 2.39. The Morgan fingerprint density at radius 2 is 1.89 bits per heavy atom. The van der Waals surface area contributed by atoms with E-state index >= 15 is 0 Å². The zero-order valence-electron chi connectivity index (χ0n) is 19.2. The summed E-state index contributed by atoms with van der Waals surface area (Å²) >= 11 is 6.14. The summed E-state index contributed by atoms with van der Waals surface area (Å²) in [5.74, 6) is 1.06. The average molecular weight is 517 g/mol. The lowest BCUT2D eigenvalue weighted by molar-refractivity contribution is -0.127. The molecule has 0 fully saturated rings. The van der Waals surface area contributed by atoms with Gasteiger partial charge in [0.15, 0.2) is 6.10 Å². The first-order valence-electron chi connectivity index (χ1n) is 10.9. The number of rotatable bonds is 8. The van der Waals surface area contributed by atoms with Gasteiger partial charge in [-0.25, -0.2) is 8.42 Å². The summed E-state index contributed by atoms with van der Waals surface area (Å²) in [4.78, 5) is 12.9. The van der Waals surface area contributed by atoms with Gasteiger partial charge < -0.3 is 19.5 Å². The van der Waals surface area contributed by atoms with Gasteiger partial charge in [0.2, 0.25) is 0 Å². The van der Waals surface area contributed by atoms with Crippen molar-refractivity contribution in [1.82, 2.24) is 5.32 Å². The number of nitrogens with zero attached hydrogens (tertiary/aromatic N) is 1. The van der Waals surface area contributed by atoms with Crippen molar-refractivity contribution in [2.45, 2.75) is 17.9 Å². The van der Waals surface area contributed by atoms with Crippen LogP contribution < -0.4 is 23.8 Å². The highest BCUT2D eigenvalue weighted by molar-refractivity contribution is 7.92. The molecule has 10 heteroatoms. The molecule has 0 spiro atoms. The fourth-order valence-corrected chi connectivity index (χ4v) is 5.27. The quantitative estimate of drug-likeness (QED) is 0.458. The predicted molar refractivity (Wildman–Crippen MR) is 133 cm³/mol. The van der Waals surface area contributed by atoms with E-state index in [4.69, 9.17) is 25.8 Å². The lowest BCUT2D eigenvalue weighted by Gasteiger charge is -2.34. The van der Waals surface area contributed by atoms with Crippen LogP contribution in [0.2, 0.25) is 5.02 Å². The Morgan fingerprint density at radius 3 is 2.60 bits per heavy atom. The zero-order valence-corrected chi connectivity index (χ0v) is 20.8. The number of nitrogens with one attached hydrogen (secondary N) is 1. The van der Waals surface area contributed by atoms with Gasteiger partial charge in [-0.2, -0.15) is 0 Å². The van der Waals surface area contributed by atoms with Crippen molar-refractivity contribution >= 4 is 33.2 Å². The maximum Gasteiger partial charge on any atom is 0.264 e. The molecule has 1 amide bonds. The number of carbonyl (C=O) groups is 1. The smallest absolute Gasteiger partial charge is 0.264 e. The summed E-state index contributed by atoms with van der Waals surface area (Å²) in [7, 11) is -2.52. The van der Waals surface area contributed by atoms with E-state index in [2.05, 4.69) is 5.32 Å². The van der Waals surface area contributed by atoms with E-state index in [1.54, 1.807) is 24.3 Å². The molecular formula is C25H25ClN2O6S. The number of hydrogen-bond donors (Lipinski definition) is 1. The van der Waals surface area contributed by atoms with Crippen LogP contribution in [-0.2, 0) is 14.8 Å². The molecule has 0 saturated heterocycles. The van der Waals surface area contributed by atoms with Crippen LogP contribution in [-0.4, -0.2) is 47.2 Å².